The van der Waals surface area contributed by atoms with Gasteiger partial charge in [0.05, 0.1) is 18.4 Å². The van der Waals surface area contributed by atoms with Gasteiger partial charge in [-0.2, -0.15) is 0 Å². The number of hydrogen-bond acceptors (Lipinski definition) is 3. The van der Waals surface area contributed by atoms with E-state index in [1.807, 2.05) is 30.3 Å². The molecular weight excluding hydrogens is 521 g/mol. The van der Waals surface area contributed by atoms with Gasteiger partial charge in [-0.05, 0) is 66.6 Å². The fourth-order valence-corrected chi connectivity index (χ4v) is 4.57. The van der Waals surface area contributed by atoms with Crippen molar-refractivity contribution in [3.63, 3.8) is 0 Å². The van der Waals surface area contributed by atoms with Gasteiger partial charge in [-0.1, -0.05) is 54.1 Å². The zero-order valence-electron chi connectivity index (χ0n) is 19.8. The summed E-state index contributed by atoms with van der Waals surface area (Å²) in [6, 6.07) is 18.4. The maximum atomic E-state index is 14.3. The van der Waals surface area contributed by atoms with Gasteiger partial charge in [-0.25, -0.2) is 8.78 Å². The molecule has 1 saturated carbocycles. The second-order valence-electron chi connectivity index (χ2n) is 9.05. The molecule has 9 heteroatoms. The Bertz CT molecular complexity index is 1220. The second-order valence-corrected chi connectivity index (χ2v) is 10.0. The number of alkyl halides is 1. The standard InChI is InChI=1S/C28H26Cl2F2N2O3/c29-20-8-11-25(24(32)15-20)33-28(36)26(19-13-22(14-19)37-16-18-4-2-1-3-5-18)34-27(35)23(30)12-17-6-9-21(31)10-7-17/h1-11,15,19,22-23,26H,12-14,16H2,(H,33,36)(H,34,35). The van der Waals surface area contributed by atoms with E-state index in [9.17, 15) is 18.4 Å². The molecule has 4 rings (SSSR count). The van der Waals surface area contributed by atoms with Crippen molar-refractivity contribution in [2.24, 2.45) is 5.92 Å². The third kappa shape index (κ3) is 7.51. The van der Waals surface area contributed by atoms with Gasteiger partial charge < -0.3 is 15.4 Å². The maximum absolute atomic E-state index is 14.3. The van der Waals surface area contributed by atoms with Crippen LogP contribution in [0.3, 0.4) is 0 Å². The van der Waals surface area contributed by atoms with Gasteiger partial charge in [0.25, 0.3) is 0 Å². The number of carbonyl (C=O) groups is 2. The lowest BCUT2D eigenvalue weighted by molar-refractivity contribution is -0.130. The van der Waals surface area contributed by atoms with Gasteiger partial charge in [-0.15, -0.1) is 11.6 Å². The minimum atomic E-state index is -0.988. The van der Waals surface area contributed by atoms with Gasteiger partial charge in [0, 0.05) is 5.02 Å². The van der Waals surface area contributed by atoms with E-state index in [0.717, 1.165) is 11.6 Å². The highest BCUT2D eigenvalue weighted by atomic mass is 35.5. The number of anilines is 1. The molecule has 5 nitrogen and oxygen atoms in total. The van der Waals surface area contributed by atoms with Crippen molar-refractivity contribution in [1.82, 2.24) is 5.32 Å². The van der Waals surface area contributed by atoms with Gasteiger partial charge >= 0.3 is 0 Å². The van der Waals surface area contributed by atoms with Crippen LogP contribution >= 0.6 is 23.2 Å². The Morgan fingerprint density at radius 1 is 0.946 bits per heavy atom. The minimum Gasteiger partial charge on any atom is -0.374 e. The van der Waals surface area contributed by atoms with Crippen LogP contribution in [0.5, 0.6) is 0 Å². The van der Waals surface area contributed by atoms with Gasteiger partial charge in [0.15, 0.2) is 0 Å². The van der Waals surface area contributed by atoms with Gasteiger partial charge in [-0.3, -0.25) is 9.59 Å². The molecule has 0 aromatic heterocycles. The van der Waals surface area contributed by atoms with Crippen molar-refractivity contribution in [3.8, 4) is 0 Å². The highest BCUT2D eigenvalue weighted by molar-refractivity contribution is 6.31. The topological polar surface area (TPSA) is 67.4 Å². The smallest absolute Gasteiger partial charge is 0.247 e. The van der Waals surface area contributed by atoms with Crippen LogP contribution in [-0.4, -0.2) is 29.3 Å². The molecule has 1 aliphatic rings. The second kappa shape index (κ2) is 12.5. The third-order valence-electron chi connectivity index (χ3n) is 6.31. The molecule has 2 amide bonds. The Kier molecular flexibility index (Phi) is 9.14. The van der Waals surface area contributed by atoms with E-state index >= 15 is 0 Å². The fourth-order valence-electron chi connectivity index (χ4n) is 4.17. The van der Waals surface area contributed by atoms with Crippen LogP contribution in [0.25, 0.3) is 0 Å². The van der Waals surface area contributed by atoms with Crippen molar-refractivity contribution >= 4 is 40.7 Å². The van der Waals surface area contributed by atoms with Crippen LogP contribution in [0.15, 0.2) is 72.8 Å². The molecule has 0 saturated heterocycles. The van der Waals surface area contributed by atoms with Crippen LogP contribution in [0.1, 0.15) is 24.0 Å². The highest BCUT2D eigenvalue weighted by Crippen LogP contribution is 2.34. The predicted octanol–water partition coefficient (Wildman–Crippen LogP) is 5.89. The summed E-state index contributed by atoms with van der Waals surface area (Å²) >= 11 is 12.1. The van der Waals surface area contributed by atoms with E-state index in [2.05, 4.69) is 10.6 Å². The van der Waals surface area contributed by atoms with Crippen LogP contribution in [-0.2, 0) is 27.4 Å². The van der Waals surface area contributed by atoms with Crippen molar-refractivity contribution in [3.05, 3.63) is 101 Å². The Hall–Kier alpha value is -3.00. The van der Waals surface area contributed by atoms with Crippen molar-refractivity contribution in [2.45, 2.75) is 43.4 Å². The van der Waals surface area contributed by atoms with Crippen molar-refractivity contribution < 1.29 is 23.1 Å². The highest BCUT2D eigenvalue weighted by Gasteiger charge is 2.41. The molecular formula is C28H26Cl2F2N2O3. The van der Waals surface area contributed by atoms with Crippen LogP contribution in [0, 0.1) is 17.6 Å². The Labute approximate surface area is 224 Å². The first-order chi connectivity index (χ1) is 17.8. The predicted molar refractivity (Wildman–Crippen MR) is 139 cm³/mol. The molecule has 0 bridgehead atoms. The number of rotatable bonds is 10. The monoisotopic (exact) mass is 546 g/mol. The minimum absolute atomic E-state index is 0.0430. The van der Waals surface area contributed by atoms with Crippen LogP contribution in [0.4, 0.5) is 14.5 Å². The number of carbonyl (C=O) groups excluding carboxylic acids is 2. The first kappa shape index (κ1) is 27.0. The Morgan fingerprint density at radius 3 is 2.32 bits per heavy atom. The molecule has 194 valence electrons. The molecule has 0 aliphatic heterocycles. The molecule has 0 radical (unpaired) electrons. The summed E-state index contributed by atoms with van der Waals surface area (Å²) in [5.74, 6) is -2.41. The summed E-state index contributed by atoms with van der Waals surface area (Å²) in [5, 5.41) is 4.49. The number of halogens is 4. The fraction of sp³-hybridized carbons (Fsp3) is 0.286. The summed E-state index contributed by atoms with van der Waals surface area (Å²) in [5.41, 5.74) is 1.68. The number of nitrogens with one attached hydrogen (secondary N) is 2. The van der Waals surface area contributed by atoms with E-state index in [1.54, 1.807) is 12.1 Å². The summed E-state index contributed by atoms with van der Waals surface area (Å²) in [6.07, 6.45) is 1.16. The lowest BCUT2D eigenvalue weighted by Gasteiger charge is -2.40. The first-order valence-electron chi connectivity index (χ1n) is 11.9. The average Bonchev–Trinajstić information content (AvgIpc) is 2.85. The molecule has 0 spiro atoms. The Balaban J connectivity index is 1.40. The first-order valence-corrected chi connectivity index (χ1v) is 12.7. The van der Waals surface area contributed by atoms with Crippen molar-refractivity contribution in [2.75, 3.05) is 5.32 Å². The largest absolute Gasteiger partial charge is 0.374 e. The summed E-state index contributed by atoms with van der Waals surface area (Å²) in [4.78, 5) is 26.1. The molecule has 1 fully saturated rings. The SMILES string of the molecule is O=C(NC(C(=O)Nc1ccc(Cl)cc1F)C1CC(OCc2ccccc2)C1)C(Cl)Cc1ccc(F)cc1. The maximum Gasteiger partial charge on any atom is 0.247 e. The molecule has 3 aromatic rings. The van der Waals surface area contributed by atoms with E-state index in [0.29, 0.717) is 25.0 Å². The van der Waals surface area contributed by atoms with Crippen LogP contribution in [0.2, 0.25) is 5.02 Å². The normalized spacial score (nSPS) is 18.4. The lowest BCUT2D eigenvalue weighted by Crippen LogP contribution is -2.55. The van der Waals surface area contributed by atoms with Crippen molar-refractivity contribution in [1.29, 1.82) is 0 Å². The quantitative estimate of drug-likeness (QED) is 0.312. The number of benzene rings is 3. The van der Waals surface area contributed by atoms with E-state index in [1.165, 1.54) is 24.3 Å². The van der Waals surface area contributed by atoms with Crippen LogP contribution < -0.4 is 10.6 Å². The number of amides is 2. The molecule has 3 aromatic carbocycles. The van der Waals surface area contributed by atoms with E-state index in [4.69, 9.17) is 27.9 Å². The van der Waals surface area contributed by atoms with Gasteiger partial charge in [0.2, 0.25) is 11.8 Å². The number of ether oxygens (including phenoxy) is 1. The molecule has 37 heavy (non-hydrogen) atoms. The molecule has 2 atom stereocenters. The number of hydrogen-bond donors (Lipinski definition) is 2. The molecule has 0 heterocycles. The average molecular weight is 547 g/mol. The third-order valence-corrected chi connectivity index (χ3v) is 6.90. The summed E-state index contributed by atoms with van der Waals surface area (Å²) in [6.45, 7) is 0.443. The zero-order valence-corrected chi connectivity index (χ0v) is 21.3. The molecule has 1 aliphatic carbocycles. The molecule has 2 unspecified atom stereocenters. The van der Waals surface area contributed by atoms with E-state index in [-0.39, 0.29) is 35.0 Å². The van der Waals surface area contributed by atoms with E-state index < -0.39 is 29.1 Å². The van der Waals surface area contributed by atoms with Gasteiger partial charge in [0.1, 0.15) is 23.1 Å². The lowest BCUT2D eigenvalue weighted by atomic mass is 9.76. The Morgan fingerprint density at radius 2 is 1.65 bits per heavy atom. The summed E-state index contributed by atoms with van der Waals surface area (Å²) in [7, 11) is 0. The summed E-state index contributed by atoms with van der Waals surface area (Å²) < 4.78 is 33.4. The zero-order chi connectivity index (χ0) is 26.4. The molecule has 2 N–H and O–H groups in total.